The second-order valence-corrected chi connectivity index (χ2v) is 7.35. The minimum Gasteiger partial charge on any atom is -0.457 e. The van der Waals surface area contributed by atoms with Crippen LogP contribution in [0.1, 0.15) is 70.4 Å². The third kappa shape index (κ3) is 5.09. The molecule has 134 valence electrons. The summed E-state index contributed by atoms with van der Waals surface area (Å²) >= 11 is 0. The zero-order valence-corrected chi connectivity index (χ0v) is 15.6. The van der Waals surface area contributed by atoms with Crippen LogP contribution in [0.5, 0.6) is 11.5 Å². The van der Waals surface area contributed by atoms with Gasteiger partial charge in [-0.3, -0.25) is 0 Å². The Morgan fingerprint density at radius 3 is 2.20 bits per heavy atom. The van der Waals surface area contributed by atoms with Gasteiger partial charge in [0.05, 0.1) is 0 Å². The molecule has 2 aromatic carbocycles. The van der Waals surface area contributed by atoms with Gasteiger partial charge in [-0.25, -0.2) is 0 Å². The van der Waals surface area contributed by atoms with Gasteiger partial charge in [0.2, 0.25) is 0 Å². The first-order valence-corrected chi connectivity index (χ1v) is 9.85. The van der Waals surface area contributed by atoms with Crippen molar-refractivity contribution in [3.63, 3.8) is 0 Å². The molecule has 1 atom stereocenters. The Morgan fingerprint density at radius 1 is 0.920 bits per heavy atom. The standard InChI is InChI=1S/C23H31NO/c1-3-5-16-23(17-18-23)24-22(9-4-2)19-12-14-21(15-13-19)25-20-10-7-6-8-11-20/h6-8,10-15,22,24H,3-5,9,16-18H2,1-2H3. The van der Waals surface area contributed by atoms with E-state index in [0.29, 0.717) is 11.6 Å². The first kappa shape index (κ1) is 18.0. The van der Waals surface area contributed by atoms with E-state index in [-0.39, 0.29) is 0 Å². The number of ether oxygens (including phenoxy) is 1. The maximum Gasteiger partial charge on any atom is 0.127 e. The number of unbranched alkanes of at least 4 members (excludes halogenated alkanes) is 1. The molecular weight excluding hydrogens is 306 g/mol. The molecule has 3 rings (SSSR count). The van der Waals surface area contributed by atoms with Crippen molar-refractivity contribution in [3.05, 3.63) is 60.2 Å². The van der Waals surface area contributed by atoms with Crippen LogP contribution < -0.4 is 10.1 Å². The van der Waals surface area contributed by atoms with E-state index < -0.39 is 0 Å². The molecular formula is C23H31NO. The molecule has 2 aromatic rings. The fourth-order valence-corrected chi connectivity index (χ4v) is 3.51. The van der Waals surface area contributed by atoms with Gasteiger partial charge in [0.15, 0.2) is 0 Å². The molecule has 1 unspecified atom stereocenters. The molecule has 1 saturated carbocycles. The maximum absolute atomic E-state index is 5.92. The fourth-order valence-electron chi connectivity index (χ4n) is 3.51. The van der Waals surface area contributed by atoms with Crippen LogP contribution in [0.15, 0.2) is 54.6 Å². The van der Waals surface area contributed by atoms with Gasteiger partial charge in [-0.2, -0.15) is 0 Å². The third-order valence-electron chi connectivity index (χ3n) is 5.18. The molecule has 1 N–H and O–H groups in total. The Balaban J connectivity index is 1.65. The summed E-state index contributed by atoms with van der Waals surface area (Å²) in [7, 11) is 0. The van der Waals surface area contributed by atoms with E-state index in [4.69, 9.17) is 4.74 Å². The molecule has 0 bridgehead atoms. The lowest BCUT2D eigenvalue weighted by molar-refractivity contribution is 0.371. The van der Waals surface area contributed by atoms with Crippen LogP contribution in [0.2, 0.25) is 0 Å². The molecule has 1 aliphatic carbocycles. The van der Waals surface area contributed by atoms with E-state index in [0.717, 1.165) is 11.5 Å². The molecule has 25 heavy (non-hydrogen) atoms. The van der Waals surface area contributed by atoms with Crippen molar-refractivity contribution in [2.24, 2.45) is 0 Å². The lowest BCUT2D eigenvalue weighted by Gasteiger charge is -2.26. The molecule has 2 nitrogen and oxygen atoms in total. The largest absolute Gasteiger partial charge is 0.457 e. The topological polar surface area (TPSA) is 21.3 Å². The smallest absolute Gasteiger partial charge is 0.127 e. The van der Waals surface area contributed by atoms with Crippen molar-refractivity contribution in [1.82, 2.24) is 5.32 Å². The number of para-hydroxylation sites is 1. The molecule has 0 radical (unpaired) electrons. The highest BCUT2D eigenvalue weighted by Gasteiger charge is 2.42. The fraction of sp³-hybridized carbons (Fsp3) is 0.478. The molecule has 0 aliphatic heterocycles. The minimum absolute atomic E-state index is 0.412. The predicted molar refractivity (Wildman–Crippen MR) is 105 cm³/mol. The van der Waals surface area contributed by atoms with Crippen molar-refractivity contribution in [2.45, 2.75) is 70.4 Å². The summed E-state index contributed by atoms with van der Waals surface area (Å²) in [5.74, 6) is 1.78. The molecule has 0 aromatic heterocycles. The Bertz CT molecular complexity index is 631. The quantitative estimate of drug-likeness (QED) is 0.525. The van der Waals surface area contributed by atoms with Crippen LogP contribution in [0, 0.1) is 0 Å². The summed E-state index contributed by atoms with van der Waals surface area (Å²) in [6, 6.07) is 19.1. The first-order chi connectivity index (χ1) is 12.2. The highest BCUT2D eigenvalue weighted by atomic mass is 16.5. The Labute approximate surface area is 152 Å². The normalized spacial score (nSPS) is 16.4. The van der Waals surface area contributed by atoms with Crippen molar-refractivity contribution >= 4 is 0 Å². The summed E-state index contributed by atoms with van der Waals surface area (Å²) in [6.45, 7) is 4.55. The van der Waals surface area contributed by atoms with Crippen LogP contribution in [0.4, 0.5) is 0 Å². The van der Waals surface area contributed by atoms with Gasteiger partial charge < -0.3 is 10.1 Å². The Hall–Kier alpha value is -1.80. The van der Waals surface area contributed by atoms with Gasteiger partial charge in [0.25, 0.3) is 0 Å². The van der Waals surface area contributed by atoms with E-state index >= 15 is 0 Å². The van der Waals surface area contributed by atoms with Crippen molar-refractivity contribution in [2.75, 3.05) is 0 Å². The number of hydrogen-bond donors (Lipinski definition) is 1. The average Bonchev–Trinajstić information content (AvgIpc) is 3.41. The molecule has 0 amide bonds. The summed E-state index contributed by atoms with van der Waals surface area (Å²) in [5, 5.41) is 3.98. The van der Waals surface area contributed by atoms with Gasteiger partial charge in [-0.1, -0.05) is 63.4 Å². The first-order valence-electron chi connectivity index (χ1n) is 9.85. The van der Waals surface area contributed by atoms with E-state index in [2.05, 4.69) is 43.4 Å². The predicted octanol–water partition coefficient (Wildman–Crippen LogP) is 6.63. The Kier molecular flexibility index (Phi) is 6.14. The lowest BCUT2D eigenvalue weighted by atomic mass is 9.99. The summed E-state index contributed by atoms with van der Waals surface area (Å²) in [5.41, 5.74) is 1.79. The van der Waals surface area contributed by atoms with Crippen LogP contribution in [-0.2, 0) is 0 Å². The molecule has 0 saturated heterocycles. The second-order valence-electron chi connectivity index (χ2n) is 7.35. The lowest BCUT2D eigenvalue weighted by Crippen LogP contribution is -2.34. The highest BCUT2D eigenvalue weighted by molar-refractivity contribution is 5.34. The second kappa shape index (κ2) is 8.53. The summed E-state index contributed by atoms with van der Waals surface area (Å²) in [6.07, 6.45) is 8.99. The average molecular weight is 338 g/mol. The zero-order chi connectivity index (χ0) is 17.5. The zero-order valence-electron chi connectivity index (χ0n) is 15.6. The van der Waals surface area contributed by atoms with Crippen LogP contribution in [0.25, 0.3) is 0 Å². The number of rotatable bonds is 10. The number of nitrogens with one attached hydrogen (secondary N) is 1. The SMILES string of the molecule is CCCCC1(NC(CCC)c2ccc(Oc3ccccc3)cc2)CC1. The van der Waals surface area contributed by atoms with E-state index in [1.54, 1.807) is 0 Å². The minimum atomic E-state index is 0.412. The molecule has 0 heterocycles. The van der Waals surface area contributed by atoms with Gasteiger partial charge >= 0.3 is 0 Å². The Morgan fingerprint density at radius 2 is 1.60 bits per heavy atom. The highest BCUT2D eigenvalue weighted by Crippen LogP contribution is 2.42. The van der Waals surface area contributed by atoms with Gasteiger partial charge in [-0.15, -0.1) is 0 Å². The number of hydrogen-bond acceptors (Lipinski definition) is 2. The molecule has 1 aliphatic rings. The van der Waals surface area contributed by atoms with E-state index in [1.807, 2.05) is 30.3 Å². The van der Waals surface area contributed by atoms with Crippen LogP contribution in [0.3, 0.4) is 0 Å². The monoisotopic (exact) mass is 337 g/mol. The van der Waals surface area contributed by atoms with Crippen molar-refractivity contribution in [3.8, 4) is 11.5 Å². The third-order valence-corrected chi connectivity index (χ3v) is 5.18. The maximum atomic E-state index is 5.92. The summed E-state index contributed by atoms with van der Waals surface area (Å²) < 4.78 is 5.92. The van der Waals surface area contributed by atoms with Crippen LogP contribution in [-0.4, -0.2) is 5.54 Å². The van der Waals surface area contributed by atoms with Gasteiger partial charge in [0.1, 0.15) is 11.5 Å². The van der Waals surface area contributed by atoms with Gasteiger partial charge in [-0.05, 0) is 55.5 Å². The summed E-state index contributed by atoms with van der Waals surface area (Å²) in [4.78, 5) is 0. The molecule has 0 spiro atoms. The van der Waals surface area contributed by atoms with E-state index in [1.165, 1.54) is 50.5 Å². The van der Waals surface area contributed by atoms with E-state index in [9.17, 15) is 0 Å². The van der Waals surface area contributed by atoms with Crippen LogP contribution >= 0.6 is 0 Å². The van der Waals surface area contributed by atoms with Crippen molar-refractivity contribution in [1.29, 1.82) is 0 Å². The van der Waals surface area contributed by atoms with Gasteiger partial charge in [0, 0.05) is 11.6 Å². The molecule has 1 fully saturated rings. The number of benzene rings is 2. The van der Waals surface area contributed by atoms with Crippen molar-refractivity contribution < 1.29 is 4.74 Å². The molecule has 2 heteroatoms.